The maximum Gasteiger partial charge on any atom is 0.325 e. The molecule has 68 valence electrons. The first kappa shape index (κ1) is 8.00. The van der Waals surface area contributed by atoms with Crippen molar-refractivity contribution in [2.75, 3.05) is 12.0 Å². The summed E-state index contributed by atoms with van der Waals surface area (Å²) in [4.78, 5) is 14.7. The van der Waals surface area contributed by atoms with E-state index < -0.39 is 12.0 Å². The van der Waals surface area contributed by atoms with E-state index >= 15 is 0 Å². The van der Waals surface area contributed by atoms with Gasteiger partial charge in [0.1, 0.15) is 6.04 Å². The van der Waals surface area contributed by atoms with Crippen LogP contribution in [0.3, 0.4) is 0 Å². The Morgan fingerprint density at radius 3 is 3.31 bits per heavy atom. The minimum absolute atomic E-state index is 0.454. The van der Waals surface area contributed by atoms with E-state index in [2.05, 4.69) is 15.6 Å². The predicted molar refractivity (Wildman–Crippen MR) is 46.2 cm³/mol. The highest BCUT2D eigenvalue weighted by Gasteiger charge is 2.24. The normalized spacial score (nSPS) is 20.2. The highest BCUT2D eigenvalue weighted by Crippen LogP contribution is 2.24. The smallest absolute Gasteiger partial charge is 0.325 e. The highest BCUT2D eigenvalue weighted by molar-refractivity contribution is 5.79. The first-order valence-electron chi connectivity index (χ1n) is 3.93. The summed E-state index contributed by atoms with van der Waals surface area (Å²) < 4.78 is 0. The van der Waals surface area contributed by atoms with Crippen molar-refractivity contribution in [2.45, 2.75) is 6.04 Å². The zero-order valence-corrected chi connectivity index (χ0v) is 6.82. The Kier molecular flexibility index (Phi) is 1.86. The summed E-state index contributed by atoms with van der Waals surface area (Å²) in [6.07, 6.45) is 3.22. The fourth-order valence-corrected chi connectivity index (χ4v) is 1.38. The third-order valence-electron chi connectivity index (χ3n) is 2.00. The zero-order chi connectivity index (χ0) is 9.26. The van der Waals surface area contributed by atoms with Crippen LogP contribution >= 0.6 is 0 Å². The number of nitrogens with one attached hydrogen (secondary N) is 2. The standard InChI is InChI=1S/C8H9N3O2/c12-8(13)7-5-1-2-9-3-6(5)10-4-11-7/h1-3,7,10-11H,4H2,(H,12,13). The first-order valence-corrected chi connectivity index (χ1v) is 3.93. The molecule has 2 heterocycles. The fraction of sp³-hybridized carbons (Fsp3) is 0.250. The summed E-state index contributed by atoms with van der Waals surface area (Å²) in [7, 11) is 0. The molecule has 2 rings (SSSR count). The molecule has 0 amide bonds. The molecule has 0 aromatic carbocycles. The lowest BCUT2D eigenvalue weighted by atomic mass is 10.1. The van der Waals surface area contributed by atoms with Crippen molar-refractivity contribution in [2.24, 2.45) is 0 Å². The van der Waals surface area contributed by atoms with Crippen LogP contribution in [0.5, 0.6) is 0 Å². The number of fused-ring (bicyclic) bond motifs is 1. The Morgan fingerprint density at radius 2 is 2.54 bits per heavy atom. The van der Waals surface area contributed by atoms with E-state index in [1.807, 2.05) is 0 Å². The largest absolute Gasteiger partial charge is 0.480 e. The second-order valence-corrected chi connectivity index (χ2v) is 2.79. The number of aromatic nitrogens is 1. The highest BCUT2D eigenvalue weighted by atomic mass is 16.4. The Balaban J connectivity index is 2.42. The fourth-order valence-electron chi connectivity index (χ4n) is 1.38. The third-order valence-corrected chi connectivity index (χ3v) is 2.00. The zero-order valence-electron chi connectivity index (χ0n) is 6.82. The molecule has 0 aliphatic carbocycles. The van der Waals surface area contributed by atoms with Crippen LogP contribution in [-0.4, -0.2) is 22.7 Å². The maximum atomic E-state index is 10.8. The van der Waals surface area contributed by atoms with E-state index in [1.54, 1.807) is 18.5 Å². The molecule has 1 aromatic rings. The van der Waals surface area contributed by atoms with Crippen LogP contribution in [0.15, 0.2) is 18.5 Å². The summed E-state index contributed by atoms with van der Waals surface area (Å²) in [5, 5.41) is 14.7. The van der Waals surface area contributed by atoms with E-state index in [4.69, 9.17) is 5.11 Å². The molecule has 13 heavy (non-hydrogen) atoms. The third kappa shape index (κ3) is 1.33. The Bertz CT molecular complexity index is 340. The number of hydrogen-bond acceptors (Lipinski definition) is 4. The van der Waals surface area contributed by atoms with E-state index in [9.17, 15) is 4.79 Å². The number of nitrogens with zero attached hydrogens (tertiary/aromatic N) is 1. The Morgan fingerprint density at radius 1 is 1.69 bits per heavy atom. The van der Waals surface area contributed by atoms with Crippen LogP contribution in [0.4, 0.5) is 5.69 Å². The van der Waals surface area contributed by atoms with Crippen molar-refractivity contribution in [3.05, 3.63) is 24.0 Å². The van der Waals surface area contributed by atoms with Gasteiger partial charge in [0, 0.05) is 11.8 Å². The van der Waals surface area contributed by atoms with Crippen LogP contribution in [-0.2, 0) is 4.79 Å². The van der Waals surface area contributed by atoms with Gasteiger partial charge in [-0.05, 0) is 6.07 Å². The van der Waals surface area contributed by atoms with Gasteiger partial charge < -0.3 is 10.4 Å². The van der Waals surface area contributed by atoms with Crippen molar-refractivity contribution in [1.29, 1.82) is 0 Å². The van der Waals surface area contributed by atoms with Gasteiger partial charge in [0.05, 0.1) is 18.6 Å². The summed E-state index contributed by atoms with van der Waals surface area (Å²) in [5.74, 6) is -0.867. The number of pyridine rings is 1. The van der Waals surface area contributed by atoms with Gasteiger partial charge >= 0.3 is 5.97 Å². The van der Waals surface area contributed by atoms with Crippen molar-refractivity contribution in [3.63, 3.8) is 0 Å². The molecular weight excluding hydrogens is 170 g/mol. The van der Waals surface area contributed by atoms with Crippen LogP contribution in [0, 0.1) is 0 Å². The van der Waals surface area contributed by atoms with Crippen molar-refractivity contribution >= 4 is 11.7 Å². The summed E-state index contributed by atoms with van der Waals surface area (Å²) in [5.41, 5.74) is 1.52. The number of carboxylic acids is 1. The van der Waals surface area contributed by atoms with Gasteiger partial charge in [0.15, 0.2) is 0 Å². The maximum absolute atomic E-state index is 10.8. The summed E-state index contributed by atoms with van der Waals surface area (Å²) >= 11 is 0. The second kappa shape index (κ2) is 3.02. The molecule has 1 atom stereocenters. The first-order chi connectivity index (χ1) is 6.29. The molecule has 0 bridgehead atoms. The molecule has 1 aromatic heterocycles. The second-order valence-electron chi connectivity index (χ2n) is 2.79. The molecule has 0 spiro atoms. The molecule has 5 heteroatoms. The van der Waals surface area contributed by atoms with Gasteiger partial charge in [-0.25, -0.2) is 0 Å². The predicted octanol–water partition coefficient (Wildman–Crippen LogP) is 0.180. The molecular formula is C8H9N3O2. The quantitative estimate of drug-likeness (QED) is 0.573. The van der Waals surface area contributed by atoms with Gasteiger partial charge in [-0.3, -0.25) is 15.1 Å². The topological polar surface area (TPSA) is 74.2 Å². The van der Waals surface area contributed by atoms with Gasteiger partial charge in [0.2, 0.25) is 0 Å². The molecule has 0 saturated heterocycles. The van der Waals surface area contributed by atoms with Crippen molar-refractivity contribution in [1.82, 2.24) is 10.3 Å². The van der Waals surface area contributed by atoms with Gasteiger partial charge in [-0.2, -0.15) is 0 Å². The SMILES string of the molecule is O=C(O)C1NCNc2cnccc21. The summed E-state index contributed by atoms with van der Waals surface area (Å²) in [6.45, 7) is 0.454. The Labute approximate surface area is 74.8 Å². The minimum Gasteiger partial charge on any atom is -0.480 e. The van der Waals surface area contributed by atoms with E-state index in [1.165, 1.54) is 0 Å². The number of carboxylic acid groups (broad SMARTS) is 1. The average Bonchev–Trinajstić information content (AvgIpc) is 2.17. The Hall–Kier alpha value is -1.62. The van der Waals surface area contributed by atoms with E-state index in [0.29, 0.717) is 6.67 Å². The van der Waals surface area contributed by atoms with Crippen LogP contribution in [0.1, 0.15) is 11.6 Å². The van der Waals surface area contributed by atoms with Crippen LogP contribution in [0.25, 0.3) is 0 Å². The molecule has 0 radical (unpaired) electrons. The monoisotopic (exact) mass is 179 g/mol. The number of aliphatic carboxylic acids is 1. The molecule has 0 fully saturated rings. The number of hydrogen-bond donors (Lipinski definition) is 3. The van der Waals surface area contributed by atoms with Crippen molar-refractivity contribution < 1.29 is 9.90 Å². The van der Waals surface area contributed by atoms with E-state index in [-0.39, 0.29) is 0 Å². The molecule has 1 aliphatic heterocycles. The molecule has 1 unspecified atom stereocenters. The van der Waals surface area contributed by atoms with Crippen LogP contribution < -0.4 is 10.6 Å². The van der Waals surface area contributed by atoms with Crippen molar-refractivity contribution in [3.8, 4) is 0 Å². The van der Waals surface area contributed by atoms with Gasteiger partial charge in [-0.15, -0.1) is 0 Å². The van der Waals surface area contributed by atoms with E-state index in [0.717, 1.165) is 11.3 Å². The summed E-state index contributed by atoms with van der Waals surface area (Å²) in [6, 6.07) is 1.08. The number of rotatable bonds is 1. The molecule has 1 aliphatic rings. The lowest BCUT2D eigenvalue weighted by Gasteiger charge is -2.24. The molecule has 5 nitrogen and oxygen atoms in total. The average molecular weight is 179 g/mol. The number of carbonyl (C=O) groups is 1. The lowest BCUT2D eigenvalue weighted by molar-refractivity contribution is -0.139. The van der Waals surface area contributed by atoms with Crippen LogP contribution in [0.2, 0.25) is 0 Å². The minimum atomic E-state index is -0.867. The number of anilines is 1. The molecule has 3 N–H and O–H groups in total. The van der Waals surface area contributed by atoms with Gasteiger partial charge in [-0.1, -0.05) is 0 Å². The molecule has 0 saturated carbocycles. The lowest BCUT2D eigenvalue weighted by Crippen LogP contribution is -2.37. The van der Waals surface area contributed by atoms with Gasteiger partial charge in [0.25, 0.3) is 0 Å².